The lowest BCUT2D eigenvalue weighted by atomic mass is 10.0. The lowest BCUT2D eigenvalue weighted by Crippen LogP contribution is -2.52. The Balaban J connectivity index is 2.68. The van der Waals surface area contributed by atoms with Gasteiger partial charge in [-0.1, -0.05) is 0 Å². The summed E-state index contributed by atoms with van der Waals surface area (Å²) in [6.07, 6.45) is 0.959. The highest BCUT2D eigenvalue weighted by Gasteiger charge is 2.33. The van der Waals surface area contributed by atoms with E-state index in [4.69, 9.17) is 5.11 Å². The van der Waals surface area contributed by atoms with E-state index in [1.165, 1.54) is 6.92 Å². The number of carbonyl (C=O) groups excluding carboxylic acids is 1. The summed E-state index contributed by atoms with van der Waals surface area (Å²) in [5, 5.41) is 11.5. The number of carboxylic acid groups (broad SMARTS) is 1. The van der Waals surface area contributed by atoms with Crippen LogP contribution < -0.4 is 10.0 Å². The first-order chi connectivity index (χ1) is 9.27. The monoisotopic (exact) mass is 307 g/mol. The number of nitrogens with zero attached hydrogens (tertiary/aromatic N) is 1. The molecule has 0 spiro atoms. The van der Waals surface area contributed by atoms with Crippen molar-refractivity contribution in [3.05, 3.63) is 0 Å². The Hall–Kier alpha value is -1.19. The lowest BCUT2D eigenvalue weighted by molar-refractivity contribution is -0.142. The highest BCUT2D eigenvalue weighted by Crippen LogP contribution is 2.18. The molecule has 20 heavy (non-hydrogen) atoms. The van der Waals surface area contributed by atoms with Crippen LogP contribution in [0.5, 0.6) is 0 Å². The topological polar surface area (TPSA) is 116 Å². The molecule has 0 radical (unpaired) electrons. The van der Waals surface area contributed by atoms with Crippen LogP contribution in [0.3, 0.4) is 0 Å². The summed E-state index contributed by atoms with van der Waals surface area (Å²) in [4.78, 5) is 22.5. The Morgan fingerprint density at radius 2 is 2.10 bits per heavy atom. The van der Waals surface area contributed by atoms with Gasteiger partial charge < -0.3 is 10.4 Å². The Morgan fingerprint density at radius 1 is 1.45 bits per heavy atom. The Bertz CT molecular complexity index is 465. The van der Waals surface area contributed by atoms with Crippen molar-refractivity contribution < 1.29 is 23.1 Å². The van der Waals surface area contributed by atoms with Gasteiger partial charge in [0, 0.05) is 19.6 Å². The molecule has 1 rings (SSSR count). The molecule has 0 aromatic heterocycles. The van der Waals surface area contributed by atoms with Crippen LogP contribution in [-0.2, 0) is 19.8 Å². The number of likely N-dealkylation sites (N-methyl/N-ethyl adjacent to an activating group) is 1. The predicted molar refractivity (Wildman–Crippen MR) is 72.1 cm³/mol. The van der Waals surface area contributed by atoms with Crippen molar-refractivity contribution in [2.24, 2.45) is 5.92 Å². The summed E-state index contributed by atoms with van der Waals surface area (Å²) in [7, 11) is -3.85. The van der Waals surface area contributed by atoms with Gasteiger partial charge in [-0.2, -0.15) is 17.4 Å². The quantitative estimate of drug-likeness (QED) is 0.590. The molecule has 1 heterocycles. The molecule has 2 atom stereocenters. The Kier molecular flexibility index (Phi) is 5.90. The first-order valence-corrected chi connectivity index (χ1v) is 7.99. The largest absolute Gasteiger partial charge is 0.481 e. The van der Waals surface area contributed by atoms with Gasteiger partial charge in [-0.15, -0.1) is 0 Å². The molecule has 1 saturated heterocycles. The van der Waals surface area contributed by atoms with Crippen molar-refractivity contribution in [2.45, 2.75) is 32.7 Å². The lowest BCUT2D eigenvalue weighted by Gasteiger charge is -2.30. The number of hydrogen-bond acceptors (Lipinski definition) is 4. The number of carbonyl (C=O) groups is 2. The third-order valence-corrected chi connectivity index (χ3v) is 4.81. The van der Waals surface area contributed by atoms with Crippen molar-refractivity contribution in [2.75, 3.05) is 19.6 Å². The molecule has 0 aromatic rings. The van der Waals surface area contributed by atoms with E-state index in [9.17, 15) is 18.0 Å². The summed E-state index contributed by atoms with van der Waals surface area (Å²) < 4.78 is 27.6. The zero-order valence-electron chi connectivity index (χ0n) is 11.6. The molecule has 0 aliphatic carbocycles. The van der Waals surface area contributed by atoms with Crippen LogP contribution >= 0.6 is 0 Å². The van der Waals surface area contributed by atoms with E-state index in [1.807, 2.05) is 0 Å². The van der Waals surface area contributed by atoms with Crippen molar-refractivity contribution in [1.82, 2.24) is 14.3 Å². The third-order valence-electron chi connectivity index (χ3n) is 3.14. The molecule has 0 bridgehead atoms. The van der Waals surface area contributed by atoms with Crippen molar-refractivity contribution >= 4 is 22.1 Å². The fourth-order valence-electron chi connectivity index (χ4n) is 2.04. The molecule has 9 heteroatoms. The summed E-state index contributed by atoms with van der Waals surface area (Å²) in [6.45, 7) is 3.80. The number of rotatable bonds is 6. The van der Waals surface area contributed by atoms with Gasteiger partial charge in [0.05, 0.1) is 12.0 Å². The maximum Gasteiger partial charge on any atom is 0.307 e. The first-order valence-electron chi connectivity index (χ1n) is 6.55. The number of piperidine rings is 1. The van der Waals surface area contributed by atoms with Crippen LogP contribution in [0, 0.1) is 5.92 Å². The second-order valence-corrected chi connectivity index (χ2v) is 6.48. The van der Waals surface area contributed by atoms with E-state index in [2.05, 4.69) is 10.0 Å². The zero-order chi connectivity index (χ0) is 15.3. The fraction of sp³-hybridized carbons (Fsp3) is 0.818. The first kappa shape index (κ1) is 16.9. The highest BCUT2D eigenvalue weighted by molar-refractivity contribution is 7.87. The van der Waals surface area contributed by atoms with Gasteiger partial charge in [-0.25, -0.2) is 0 Å². The molecule has 116 valence electrons. The van der Waals surface area contributed by atoms with E-state index < -0.39 is 34.0 Å². The van der Waals surface area contributed by atoms with Crippen LogP contribution in [0.2, 0.25) is 0 Å². The van der Waals surface area contributed by atoms with Crippen LogP contribution in [0.1, 0.15) is 26.7 Å². The molecular weight excluding hydrogens is 286 g/mol. The van der Waals surface area contributed by atoms with Gasteiger partial charge in [0.2, 0.25) is 5.91 Å². The maximum absolute atomic E-state index is 12.1. The summed E-state index contributed by atoms with van der Waals surface area (Å²) in [5.41, 5.74) is 0. The molecule has 8 nitrogen and oxygen atoms in total. The van der Waals surface area contributed by atoms with Crippen LogP contribution in [-0.4, -0.2) is 55.4 Å². The second-order valence-electron chi connectivity index (χ2n) is 4.77. The van der Waals surface area contributed by atoms with Gasteiger partial charge in [0.15, 0.2) is 0 Å². The average molecular weight is 307 g/mol. The number of hydrogen-bond donors (Lipinski definition) is 3. The smallest absolute Gasteiger partial charge is 0.307 e. The Morgan fingerprint density at radius 3 is 2.65 bits per heavy atom. The van der Waals surface area contributed by atoms with Gasteiger partial charge in [0.1, 0.15) is 0 Å². The van der Waals surface area contributed by atoms with E-state index in [-0.39, 0.29) is 13.1 Å². The van der Waals surface area contributed by atoms with Crippen LogP contribution in [0.4, 0.5) is 0 Å². The van der Waals surface area contributed by atoms with Gasteiger partial charge in [-0.3, -0.25) is 9.59 Å². The minimum Gasteiger partial charge on any atom is -0.481 e. The number of amides is 1. The molecular formula is C11H21N3O5S. The molecule has 1 aliphatic heterocycles. The number of aliphatic carboxylic acids is 1. The predicted octanol–water partition coefficient (Wildman–Crippen LogP) is -0.858. The third kappa shape index (κ3) is 4.43. The zero-order valence-corrected chi connectivity index (χ0v) is 12.4. The highest BCUT2D eigenvalue weighted by atomic mass is 32.2. The molecule has 2 unspecified atom stereocenters. The fourth-order valence-corrected chi connectivity index (χ4v) is 3.49. The molecule has 3 N–H and O–H groups in total. The van der Waals surface area contributed by atoms with Crippen LogP contribution in [0.25, 0.3) is 0 Å². The molecule has 1 amide bonds. The minimum absolute atomic E-state index is 0.0627. The van der Waals surface area contributed by atoms with E-state index in [0.29, 0.717) is 19.4 Å². The second kappa shape index (κ2) is 7.00. The minimum atomic E-state index is -3.85. The molecule has 0 aromatic carbocycles. The molecule has 1 aliphatic rings. The van der Waals surface area contributed by atoms with Gasteiger partial charge >= 0.3 is 5.97 Å². The van der Waals surface area contributed by atoms with Crippen LogP contribution in [0.15, 0.2) is 0 Å². The SMILES string of the molecule is CCNC(=O)C(C)NS(=O)(=O)N1CCCC(C(=O)O)C1. The summed E-state index contributed by atoms with van der Waals surface area (Å²) in [5.74, 6) is -2.11. The van der Waals surface area contributed by atoms with Crippen molar-refractivity contribution in [1.29, 1.82) is 0 Å². The van der Waals surface area contributed by atoms with E-state index in [1.54, 1.807) is 6.92 Å². The van der Waals surface area contributed by atoms with E-state index in [0.717, 1.165) is 4.31 Å². The van der Waals surface area contributed by atoms with Crippen molar-refractivity contribution in [3.8, 4) is 0 Å². The van der Waals surface area contributed by atoms with Gasteiger partial charge in [-0.05, 0) is 26.7 Å². The summed E-state index contributed by atoms with van der Waals surface area (Å²) >= 11 is 0. The summed E-state index contributed by atoms with van der Waals surface area (Å²) in [6, 6.07) is -0.898. The molecule has 0 saturated carbocycles. The normalized spacial score (nSPS) is 22.2. The van der Waals surface area contributed by atoms with E-state index >= 15 is 0 Å². The number of carboxylic acids is 1. The maximum atomic E-state index is 12.1. The average Bonchev–Trinajstić information content (AvgIpc) is 2.38. The Labute approximate surface area is 118 Å². The molecule has 1 fully saturated rings. The standard InChI is InChI=1S/C11H21N3O5S/c1-3-12-10(15)8(2)13-20(18,19)14-6-4-5-9(7-14)11(16)17/h8-9,13H,3-7H2,1-2H3,(H,12,15)(H,16,17). The van der Waals surface area contributed by atoms with Gasteiger partial charge in [0.25, 0.3) is 10.2 Å². The van der Waals surface area contributed by atoms with Crippen molar-refractivity contribution in [3.63, 3.8) is 0 Å². The number of nitrogens with one attached hydrogen (secondary N) is 2.